The standard InChI is InChI=1S/C44H40P2/c1-44(2,3)35-34-43(46(40-28-16-7-17-29-40,41-30-18-8-19-31-41)42-32-20-9-21-33-42)36-45(37-22-10-4-11-23-37,38-24-12-5-13-25-38)39-26-14-6-15-27-39/h4-33,36H,1-3H3/q+2/b43-36+. The van der Waals surface area contributed by atoms with Gasteiger partial charge in [0, 0.05) is 5.41 Å². The lowest BCUT2D eigenvalue weighted by Gasteiger charge is -2.30. The van der Waals surface area contributed by atoms with Gasteiger partial charge in [-0.3, -0.25) is 0 Å². The molecule has 0 aromatic heterocycles. The summed E-state index contributed by atoms with van der Waals surface area (Å²) in [5.41, 5.74) is -0.188. The maximum Gasteiger partial charge on any atom is 0.194 e. The molecule has 2 heteroatoms. The van der Waals surface area contributed by atoms with Crippen LogP contribution in [0.1, 0.15) is 20.8 Å². The van der Waals surface area contributed by atoms with Gasteiger partial charge < -0.3 is 0 Å². The molecule has 0 amide bonds. The molecule has 0 nitrogen and oxygen atoms in total. The van der Waals surface area contributed by atoms with Crippen molar-refractivity contribution in [1.29, 1.82) is 0 Å². The SMILES string of the molecule is CC(C)(C)C#C/C(=C\[P+](c1ccccc1)(c1ccccc1)c1ccccc1)[P+](c1ccccc1)(c1ccccc1)c1ccccc1. The van der Waals surface area contributed by atoms with E-state index < -0.39 is 14.5 Å². The first kappa shape index (κ1) is 31.5. The fourth-order valence-electron chi connectivity index (χ4n) is 6.12. The molecule has 46 heavy (non-hydrogen) atoms. The molecule has 0 bridgehead atoms. The molecular weight excluding hydrogens is 590 g/mol. The van der Waals surface area contributed by atoms with Gasteiger partial charge in [-0.05, 0) is 99.5 Å². The van der Waals surface area contributed by atoms with Crippen LogP contribution in [-0.4, -0.2) is 0 Å². The first-order valence-corrected chi connectivity index (χ1v) is 19.5. The van der Waals surface area contributed by atoms with Crippen LogP contribution in [0.25, 0.3) is 0 Å². The summed E-state index contributed by atoms with van der Waals surface area (Å²) >= 11 is 0. The van der Waals surface area contributed by atoms with E-state index >= 15 is 0 Å². The number of hydrogen-bond donors (Lipinski definition) is 0. The summed E-state index contributed by atoms with van der Waals surface area (Å²) in [4.78, 5) is 0. The van der Waals surface area contributed by atoms with Crippen molar-refractivity contribution < 1.29 is 0 Å². The predicted octanol–water partition coefficient (Wildman–Crippen LogP) is 8.87. The summed E-state index contributed by atoms with van der Waals surface area (Å²) in [7, 11) is -4.88. The van der Waals surface area contributed by atoms with E-state index in [0.29, 0.717) is 0 Å². The highest BCUT2D eigenvalue weighted by atomic mass is 31.2. The summed E-state index contributed by atoms with van der Waals surface area (Å²) in [6.45, 7) is 6.62. The van der Waals surface area contributed by atoms with Crippen LogP contribution in [-0.2, 0) is 0 Å². The van der Waals surface area contributed by atoms with E-state index in [4.69, 9.17) is 0 Å². The van der Waals surface area contributed by atoms with Gasteiger partial charge in [0.2, 0.25) is 0 Å². The Hall–Kier alpha value is -4.52. The quantitative estimate of drug-likeness (QED) is 0.116. The Bertz CT molecular complexity index is 1740. The average Bonchev–Trinajstić information content (AvgIpc) is 3.12. The molecular formula is C44H40P2+2. The second-order valence-corrected chi connectivity index (χ2v) is 19.0. The largest absolute Gasteiger partial charge is 0.194 e. The summed E-state index contributed by atoms with van der Waals surface area (Å²) in [6.07, 6.45) is 0. The predicted molar refractivity (Wildman–Crippen MR) is 206 cm³/mol. The topological polar surface area (TPSA) is 0 Å². The summed E-state index contributed by atoms with van der Waals surface area (Å²) in [5.74, 6) is 10.3. The second-order valence-electron chi connectivity index (χ2n) is 12.4. The van der Waals surface area contributed by atoms with Crippen LogP contribution in [0.2, 0.25) is 0 Å². The molecule has 0 saturated carbocycles. The molecule has 6 aromatic carbocycles. The Balaban J connectivity index is 1.87. The van der Waals surface area contributed by atoms with Crippen molar-refractivity contribution in [2.45, 2.75) is 20.8 Å². The van der Waals surface area contributed by atoms with Crippen LogP contribution < -0.4 is 31.8 Å². The van der Waals surface area contributed by atoms with E-state index in [1.54, 1.807) is 0 Å². The Labute approximate surface area is 276 Å². The van der Waals surface area contributed by atoms with Crippen LogP contribution in [0.15, 0.2) is 193 Å². The van der Waals surface area contributed by atoms with Crippen LogP contribution in [0.4, 0.5) is 0 Å². The van der Waals surface area contributed by atoms with Gasteiger partial charge in [0.1, 0.15) is 44.9 Å². The summed E-state index contributed by atoms with van der Waals surface area (Å²) in [6, 6.07) is 66.6. The zero-order chi connectivity index (χ0) is 31.9. The summed E-state index contributed by atoms with van der Waals surface area (Å²) < 4.78 is 0. The molecule has 6 rings (SSSR count). The third-order valence-electron chi connectivity index (χ3n) is 8.16. The van der Waals surface area contributed by atoms with E-state index in [2.05, 4.69) is 220 Å². The maximum absolute atomic E-state index is 3.95. The Morgan fingerprint density at radius 3 is 0.935 bits per heavy atom. The highest BCUT2D eigenvalue weighted by Gasteiger charge is 2.54. The van der Waals surface area contributed by atoms with E-state index in [-0.39, 0.29) is 5.41 Å². The van der Waals surface area contributed by atoms with Crippen LogP contribution in [0.3, 0.4) is 0 Å². The van der Waals surface area contributed by atoms with E-state index in [1.165, 1.54) is 37.1 Å². The molecule has 0 saturated heterocycles. The van der Waals surface area contributed by atoms with Gasteiger partial charge in [-0.15, -0.1) is 0 Å². The van der Waals surface area contributed by atoms with Gasteiger partial charge in [-0.25, -0.2) is 0 Å². The summed E-state index contributed by atoms with van der Waals surface area (Å²) in [5, 5.41) is 9.03. The lowest BCUT2D eigenvalue weighted by atomic mass is 9.98. The van der Waals surface area contributed by atoms with Gasteiger partial charge in [-0.1, -0.05) is 115 Å². The number of rotatable bonds is 8. The van der Waals surface area contributed by atoms with Crippen molar-refractivity contribution in [3.8, 4) is 11.8 Å². The average molecular weight is 631 g/mol. The molecule has 0 radical (unpaired) electrons. The maximum atomic E-state index is 3.95. The van der Waals surface area contributed by atoms with Gasteiger partial charge in [0.25, 0.3) is 0 Å². The van der Waals surface area contributed by atoms with E-state index in [0.717, 1.165) is 0 Å². The Morgan fingerprint density at radius 2 is 0.674 bits per heavy atom. The van der Waals surface area contributed by atoms with Crippen LogP contribution in [0, 0.1) is 17.3 Å². The molecule has 0 heterocycles. The van der Waals surface area contributed by atoms with Gasteiger partial charge in [0.05, 0.1) is 0 Å². The minimum Gasteiger partial charge on any atom is -0.0884 e. The monoisotopic (exact) mass is 630 g/mol. The molecule has 0 aliphatic rings. The second kappa shape index (κ2) is 13.9. The molecule has 0 fully saturated rings. The first-order chi connectivity index (χ1) is 22.4. The van der Waals surface area contributed by atoms with E-state index in [9.17, 15) is 0 Å². The third kappa shape index (κ3) is 6.28. The van der Waals surface area contributed by atoms with Crippen molar-refractivity contribution in [3.05, 3.63) is 193 Å². The zero-order valence-electron chi connectivity index (χ0n) is 26.8. The normalized spacial score (nSPS) is 12.2. The van der Waals surface area contributed by atoms with Gasteiger partial charge in [-0.2, -0.15) is 0 Å². The van der Waals surface area contributed by atoms with Crippen molar-refractivity contribution in [3.63, 3.8) is 0 Å². The molecule has 6 aromatic rings. The lowest BCUT2D eigenvalue weighted by Crippen LogP contribution is -2.34. The van der Waals surface area contributed by atoms with Crippen molar-refractivity contribution in [1.82, 2.24) is 0 Å². The zero-order valence-corrected chi connectivity index (χ0v) is 28.6. The molecule has 0 atom stereocenters. The number of allylic oxidation sites excluding steroid dienone is 1. The molecule has 0 aliphatic carbocycles. The first-order valence-electron chi connectivity index (χ1n) is 15.8. The minimum absolute atomic E-state index is 0.188. The molecule has 0 unspecified atom stereocenters. The van der Waals surface area contributed by atoms with Crippen molar-refractivity contribution in [2.75, 3.05) is 0 Å². The Kier molecular flexibility index (Phi) is 9.48. The lowest BCUT2D eigenvalue weighted by molar-refractivity contribution is 0.571. The highest BCUT2D eigenvalue weighted by molar-refractivity contribution is 8.02. The smallest absolute Gasteiger partial charge is 0.0884 e. The number of hydrogen-bond acceptors (Lipinski definition) is 0. The fraction of sp³-hybridized carbons (Fsp3) is 0.0909. The van der Waals surface area contributed by atoms with Crippen molar-refractivity contribution in [2.24, 2.45) is 5.41 Å². The Morgan fingerprint density at radius 1 is 0.413 bits per heavy atom. The molecule has 0 aliphatic heterocycles. The number of benzene rings is 6. The van der Waals surface area contributed by atoms with Gasteiger partial charge in [0.15, 0.2) is 12.6 Å². The van der Waals surface area contributed by atoms with Crippen molar-refractivity contribution >= 4 is 46.4 Å². The highest BCUT2D eigenvalue weighted by Crippen LogP contribution is 2.67. The third-order valence-corrected chi connectivity index (χ3v) is 16.5. The molecule has 0 N–H and O–H groups in total. The van der Waals surface area contributed by atoms with Crippen LogP contribution >= 0.6 is 14.5 Å². The molecule has 224 valence electrons. The molecule has 0 spiro atoms. The fourth-order valence-corrected chi connectivity index (χ4v) is 14.8. The van der Waals surface area contributed by atoms with E-state index in [1.807, 2.05) is 0 Å². The van der Waals surface area contributed by atoms with Crippen LogP contribution in [0.5, 0.6) is 0 Å². The minimum atomic E-state index is -2.49. The van der Waals surface area contributed by atoms with Gasteiger partial charge >= 0.3 is 0 Å².